The molecule has 3 rings (SSSR count). The second-order valence-corrected chi connectivity index (χ2v) is 7.26. The first-order chi connectivity index (χ1) is 11.9. The fourth-order valence-corrected chi connectivity index (χ4v) is 3.71. The largest absolute Gasteiger partial charge is 0.352 e. The van der Waals surface area contributed by atoms with Crippen LogP contribution < -0.4 is 10.2 Å². The highest BCUT2D eigenvalue weighted by Crippen LogP contribution is 2.32. The number of piperidine rings is 1. The van der Waals surface area contributed by atoms with Crippen LogP contribution in [0.1, 0.15) is 12.8 Å². The molecule has 9 heteroatoms. The highest BCUT2D eigenvalue weighted by atomic mass is 35.5. The number of benzene rings is 1. The van der Waals surface area contributed by atoms with Gasteiger partial charge in [-0.1, -0.05) is 11.6 Å². The zero-order valence-corrected chi connectivity index (χ0v) is 15.1. The van der Waals surface area contributed by atoms with Crippen molar-refractivity contribution in [2.75, 3.05) is 23.5 Å². The van der Waals surface area contributed by atoms with Gasteiger partial charge in [0.15, 0.2) is 0 Å². The molecule has 2 aliphatic rings. The predicted molar refractivity (Wildman–Crippen MR) is 94.3 cm³/mol. The number of anilines is 1. The summed E-state index contributed by atoms with van der Waals surface area (Å²) in [5, 5.41) is 2.75. The minimum absolute atomic E-state index is 0.0788. The van der Waals surface area contributed by atoms with E-state index in [1.807, 2.05) is 6.26 Å². The molecule has 2 saturated heterocycles. The maximum Gasteiger partial charge on any atom is 0.332 e. The van der Waals surface area contributed by atoms with Crippen molar-refractivity contribution >= 4 is 46.9 Å². The number of rotatable bonds is 4. The van der Waals surface area contributed by atoms with Crippen LogP contribution in [0.15, 0.2) is 18.2 Å². The summed E-state index contributed by atoms with van der Waals surface area (Å²) >= 11 is 7.19. The summed E-state index contributed by atoms with van der Waals surface area (Å²) in [6.07, 6.45) is 2.80. The van der Waals surface area contributed by atoms with E-state index in [0.29, 0.717) is 25.1 Å². The van der Waals surface area contributed by atoms with Crippen LogP contribution in [0.3, 0.4) is 0 Å². The van der Waals surface area contributed by atoms with Crippen LogP contribution in [0.4, 0.5) is 14.9 Å². The number of fused-ring (bicyclic) bond motifs is 1. The minimum Gasteiger partial charge on any atom is -0.352 e. The molecule has 25 heavy (non-hydrogen) atoms. The molecule has 0 aliphatic carbocycles. The summed E-state index contributed by atoms with van der Waals surface area (Å²) in [5.41, 5.74) is 0.249. The van der Waals surface area contributed by atoms with E-state index in [1.165, 1.54) is 28.8 Å². The zero-order chi connectivity index (χ0) is 18.1. The molecule has 4 amide bonds. The normalized spacial score (nSPS) is 23.0. The Kier molecular flexibility index (Phi) is 5.19. The molecule has 134 valence electrons. The van der Waals surface area contributed by atoms with Gasteiger partial charge >= 0.3 is 6.03 Å². The van der Waals surface area contributed by atoms with Crippen LogP contribution in [-0.4, -0.2) is 53.4 Å². The quantitative estimate of drug-likeness (QED) is 0.807. The lowest BCUT2D eigenvalue weighted by molar-refractivity contribution is -0.123. The molecule has 0 radical (unpaired) electrons. The molecular formula is C16H17ClFN3O3S. The van der Waals surface area contributed by atoms with Gasteiger partial charge in [0.25, 0.3) is 5.91 Å². The van der Waals surface area contributed by atoms with E-state index >= 15 is 0 Å². The van der Waals surface area contributed by atoms with Crippen molar-refractivity contribution in [2.45, 2.75) is 24.9 Å². The third-order valence-corrected chi connectivity index (χ3v) is 5.19. The van der Waals surface area contributed by atoms with Gasteiger partial charge in [-0.25, -0.2) is 14.1 Å². The van der Waals surface area contributed by atoms with Gasteiger partial charge in [-0.2, -0.15) is 11.8 Å². The number of nitrogens with one attached hydrogen (secondary N) is 1. The number of carbonyl (C=O) groups excluding carboxylic acids is 3. The molecule has 2 atom stereocenters. The minimum atomic E-state index is -0.621. The van der Waals surface area contributed by atoms with Crippen LogP contribution >= 0.6 is 23.4 Å². The zero-order valence-electron chi connectivity index (χ0n) is 13.5. The first-order valence-corrected chi connectivity index (χ1v) is 9.57. The molecule has 1 aromatic carbocycles. The third kappa shape index (κ3) is 3.46. The lowest BCUT2D eigenvalue weighted by Crippen LogP contribution is -2.50. The standard InChI is InChI=1S/C16H17ClFN3O3S/c1-25-8-14(22)19-9-4-5-20-13(6-9)15(23)21(16(20)24)10-2-3-12(18)11(17)7-10/h2-3,7,9,13H,4-6,8H2,1H3,(H,19,22). The van der Waals surface area contributed by atoms with E-state index in [1.54, 1.807) is 0 Å². The van der Waals surface area contributed by atoms with Crippen molar-refractivity contribution in [3.8, 4) is 0 Å². The van der Waals surface area contributed by atoms with Gasteiger partial charge in [0, 0.05) is 12.6 Å². The molecule has 1 N–H and O–H groups in total. The molecule has 2 unspecified atom stereocenters. The molecule has 0 spiro atoms. The van der Waals surface area contributed by atoms with Gasteiger partial charge in [-0.3, -0.25) is 9.59 Å². The second-order valence-electron chi connectivity index (χ2n) is 5.99. The maximum atomic E-state index is 13.3. The van der Waals surface area contributed by atoms with Crippen LogP contribution in [0.5, 0.6) is 0 Å². The Hall–Kier alpha value is -1.80. The van der Waals surface area contributed by atoms with E-state index in [-0.39, 0.29) is 28.6 Å². The smallest absolute Gasteiger partial charge is 0.332 e. The number of amides is 4. The highest BCUT2D eigenvalue weighted by Gasteiger charge is 2.48. The van der Waals surface area contributed by atoms with E-state index < -0.39 is 17.9 Å². The Labute approximate surface area is 153 Å². The highest BCUT2D eigenvalue weighted by molar-refractivity contribution is 7.99. The molecule has 1 aromatic rings. The Bertz CT molecular complexity index is 733. The number of urea groups is 1. The van der Waals surface area contributed by atoms with Crippen LogP contribution in [-0.2, 0) is 9.59 Å². The fraction of sp³-hybridized carbons (Fsp3) is 0.438. The monoisotopic (exact) mass is 385 g/mol. The molecule has 2 aliphatic heterocycles. The Morgan fingerprint density at radius 3 is 2.88 bits per heavy atom. The van der Waals surface area contributed by atoms with Crippen LogP contribution in [0, 0.1) is 5.82 Å². The van der Waals surface area contributed by atoms with E-state index in [9.17, 15) is 18.8 Å². The van der Waals surface area contributed by atoms with Gasteiger partial charge < -0.3 is 10.2 Å². The van der Waals surface area contributed by atoms with Crippen LogP contribution in [0.2, 0.25) is 5.02 Å². The molecule has 2 heterocycles. The lowest BCUT2D eigenvalue weighted by atomic mass is 9.98. The molecule has 6 nitrogen and oxygen atoms in total. The van der Waals surface area contributed by atoms with Gasteiger partial charge in [-0.05, 0) is 37.3 Å². The number of thioether (sulfide) groups is 1. The molecule has 0 aromatic heterocycles. The number of nitrogens with zero attached hydrogens (tertiary/aromatic N) is 2. The summed E-state index contributed by atoms with van der Waals surface area (Å²) in [4.78, 5) is 39.6. The van der Waals surface area contributed by atoms with Crippen molar-refractivity contribution in [1.82, 2.24) is 10.2 Å². The Morgan fingerprint density at radius 1 is 1.44 bits per heavy atom. The summed E-state index contributed by atoms with van der Waals surface area (Å²) in [6, 6.07) is 2.54. The van der Waals surface area contributed by atoms with Gasteiger partial charge in [0.2, 0.25) is 5.91 Å². The van der Waals surface area contributed by atoms with Crippen molar-refractivity contribution < 1.29 is 18.8 Å². The number of imide groups is 1. The SMILES string of the molecule is CSCC(=O)NC1CCN2C(=O)N(c3ccc(F)c(Cl)c3)C(=O)C2C1. The van der Waals surface area contributed by atoms with Crippen molar-refractivity contribution in [3.63, 3.8) is 0 Å². The molecular weight excluding hydrogens is 369 g/mol. The lowest BCUT2D eigenvalue weighted by Gasteiger charge is -2.32. The van der Waals surface area contributed by atoms with Gasteiger partial charge in [0.1, 0.15) is 11.9 Å². The predicted octanol–water partition coefficient (Wildman–Crippen LogP) is 2.26. The molecule has 2 fully saturated rings. The van der Waals surface area contributed by atoms with Crippen molar-refractivity contribution in [3.05, 3.63) is 29.0 Å². The van der Waals surface area contributed by atoms with Crippen LogP contribution in [0.25, 0.3) is 0 Å². The van der Waals surface area contributed by atoms with Gasteiger partial charge in [0.05, 0.1) is 16.5 Å². The second kappa shape index (κ2) is 7.21. The van der Waals surface area contributed by atoms with E-state index in [2.05, 4.69) is 5.32 Å². The van der Waals surface area contributed by atoms with Gasteiger partial charge in [-0.15, -0.1) is 0 Å². The van der Waals surface area contributed by atoms with E-state index in [0.717, 1.165) is 11.0 Å². The summed E-state index contributed by atoms with van der Waals surface area (Å²) in [6.45, 7) is 0.380. The Morgan fingerprint density at radius 2 is 2.20 bits per heavy atom. The molecule has 0 bridgehead atoms. The number of hydrogen-bond acceptors (Lipinski definition) is 4. The third-order valence-electron chi connectivity index (χ3n) is 4.35. The van der Waals surface area contributed by atoms with Crippen molar-refractivity contribution in [2.24, 2.45) is 0 Å². The van der Waals surface area contributed by atoms with Crippen molar-refractivity contribution in [1.29, 1.82) is 0 Å². The first kappa shape index (κ1) is 18.0. The number of carbonyl (C=O) groups is 3. The Balaban J connectivity index is 1.76. The average molecular weight is 386 g/mol. The molecule has 0 saturated carbocycles. The summed E-state index contributed by atoms with van der Waals surface area (Å²) in [7, 11) is 0. The first-order valence-electron chi connectivity index (χ1n) is 7.80. The van der Waals surface area contributed by atoms with E-state index in [4.69, 9.17) is 11.6 Å². The summed E-state index contributed by atoms with van der Waals surface area (Å²) < 4.78 is 13.3. The topological polar surface area (TPSA) is 69.7 Å². The number of hydrogen-bond donors (Lipinski definition) is 1. The number of halogens is 2. The maximum absolute atomic E-state index is 13.3. The average Bonchev–Trinajstić information content (AvgIpc) is 2.81. The summed E-state index contributed by atoms with van der Waals surface area (Å²) in [5.74, 6) is -0.710. The fourth-order valence-electron chi connectivity index (χ4n) is 3.19.